The summed E-state index contributed by atoms with van der Waals surface area (Å²) in [6, 6.07) is 9.77. The van der Waals surface area contributed by atoms with Gasteiger partial charge in [-0.1, -0.05) is 12.1 Å². The predicted molar refractivity (Wildman–Crippen MR) is 98.1 cm³/mol. The van der Waals surface area contributed by atoms with Gasteiger partial charge in [0.25, 0.3) is 5.91 Å². The Hall–Kier alpha value is -2.32. The van der Waals surface area contributed by atoms with E-state index in [2.05, 4.69) is 0 Å². The zero-order valence-corrected chi connectivity index (χ0v) is 16.1. The molecular weight excluding hydrogens is 368 g/mol. The maximum Gasteiger partial charge on any atom is 0.289 e. The topological polar surface area (TPSA) is 80.1 Å². The van der Waals surface area contributed by atoms with Gasteiger partial charge in [0.2, 0.25) is 10.0 Å². The van der Waals surface area contributed by atoms with Crippen molar-refractivity contribution < 1.29 is 22.4 Å². The maximum atomic E-state index is 13.2. The summed E-state index contributed by atoms with van der Waals surface area (Å²) in [5, 5.41) is 0. The summed E-state index contributed by atoms with van der Waals surface area (Å²) in [5.41, 5.74) is -0.786. The number of hydrogen-bond acceptors (Lipinski definition) is 5. The molecule has 2 aromatic rings. The third kappa shape index (κ3) is 3.02. The van der Waals surface area contributed by atoms with Crippen LogP contribution in [0.15, 0.2) is 52.0 Å². The summed E-state index contributed by atoms with van der Waals surface area (Å²) in [5.74, 6) is 0.402. The Labute approximate surface area is 158 Å². The van der Waals surface area contributed by atoms with Crippen LogP contribution in [0.2, 0.25) is 0 Å². The first-order chi connectivity index (χ1) is 12.8. The van der Waals surface area contributed by atoms with E-state index in [1.165, 1.54) is 10.6 Å². The fraction of sp³-hybridized carbons (Fsp3) is 0.421. The molecule has 1 atom stereocenters. The lowest BCUT2D eigenvalue weighted by Gasteiger charge is -2.33. The van der Waals surface area contributed by atoms with Crippen LogP contribution in [0.5, 0.6) is 5.75 Å². The minimum Gasteiger partial charge on any atom is -0.483 e. The van der Waals surface area contributed by atoms with Crippen LogP contribution in [0.4, 0.5) is 0 Å². The molecule has 1 aromatic carbocycles. The maximum absolute atomic E-state index is 13.2. The molecule has 1 aromatic heterocycles. The molecule has 7 nitrogen and oxygen atoms in total. The quantitative estimate of drug-likeness (QED) is 0.786. The molecule has 1 spiro atoms. The largest absolute Gasteiger partial charge is 0.483 e. The molecule has 0 saturated carbocycles. The molecule has 0 N–H and O–H groups in total. The van der Waals surface area contributed by atoms with Crippen LogP contribution >= 0.6 is 0 Å². The second-order valence-corrected chi connectivity index (χ2v) is 9.19. The van der Waals surface area contributed by atoms with Crippen molar-refractivity contribution in [1.82, 2.24) is 9.21 Å². The fourth-order valence-corrected chi connectivity index (χ4v) is 5.58. The average molecular weight is 390 g/mol. The van der Waals surface area contributed by atoms with E-state index in [4.69, 9.17) is 9.15 Å². The Morgan fingerprint density at radius 3 is 2.63 bits per heavy atom. The number of likely N-dealkylation sites (tertiary alicyclic amines) is 1. The Balaban J connectivity index is 1.71. The lowest BCUT2D eigenvalue weighted by molar-refractivity contribution is 0.0473. The molecule has 144 valence electrons. The number of amides is 1. The normalized spacial score (nSPS) is 24.6. The number of para-hydroxylation sites is 1. The minimum absolute atomic E-state index is 0.173. The van der Waals surface area contributed by atoms with Crippen molar-refractivity contribution in [2.24, 2.45) is 0 Å². The minimum atomic E-state index is -3.68. The van der Waals surface area contributed by atoms with Crippen molar-refractivity contribution in [3.05, 3.63) is 48.4 Å². The van der Waals surface area contributed by atoms with Gasteiger partial charge in [0.15, 0.2) is 5.76 Å². The second-order valence-electron chi connectivity index (χ2n) is 7.33. The Kier molecular flexibility index (Phi) is 4.27. The van der Waals surface area contributed by atoms with E-state index in [1.54, 1.807) is 41.3 Å². The molecule has 27 heavy (non-hydrogen) atoms. The first-order valence-corrected chi connectivity index (χ1v) is 10.4. The number of benzene rings is 1. The SMILES string of the molecule is CC(C)N1CC2(CCN(C(=O)c3ccco3)C2)Oc2ccccc2S1(=O)=O. The van der Waals surface area contributed by atoms with Gasteiger partial charge in [-0.2, -0.15) is 4.31 Å². The van der Waals surface area contributed by atoms with E-state index in [0.29, 0.717) is 25.3 Å². The highest BCUT2D eigenvalue weighted by Crippen LogP contribution is 2.39. The summed E-state index contributed by atoms with van der Waals surface area (Å²) < 4.78 is 39.3. The van der Waals surface area contributed by atoms with Gasteiger partial charge in [0, 0.05) is 19.0 Å². The number of rotatable bonds is 2. The Bertz CT molecular complexity index is 954. The van der Waals surface area contributed by atoms with Crippen LogP contribution in [0.3, 0.4) is 0 Å². The molecule has 1 saturated heterocycles. The molecular formula is C19H22N2O5S. The molecule has 1 amide bonds. The Morgan fingerprint density at radius 2 is 1.93 bits per heavy atom. The fourth-order valence-electron chi connectivity index (χ4n) is 3.76. The highest BCUT2D eigenvalue weighted by atomic mass is 32.2. The Morgan fingerprint density at radius 1 is 1.15 bits per heavy atom. The zero-order chi connectivity index (χ0) is 19.2. The van der Waals surface area contributed by atoms with Crippen molar-refractivity contribution >= 4 is 15.9 Å². The summed E-state index contributed by atoms with van der Waals surface area (Å²) >= 11 is 0. The summed E-state index contributed by atoms with van der Waals surface area (Å²) in [4.78, 5) is 14.5. The molecule has 0 aliphatic carbocycles. The lowest BCUT2D eigenvalue weighted by Crippen LogP contribution is -2.51. The molecule has 2 aliphatic heterocycles. The first kappa shape index (κ1) is 18.1. The predicted octanol–water partition coefficient (Wildman–Crippen LogP) is 2.36. The highest BCUT2D eigenvalue weighted by Gasteiger charge is 2.49. The standard InChI is InChI=1S/C19H22N2O5S/c1-14(2)21-13-19(26-15-6-3-4-8-17(15)27(21,23)24)9-10-20(12-19)18(22)16-7-5-11-25-16/h3-8,11,14H,9-10,12-13H2,1-2H3. The molecule has 0 radical (unpaired) electrons. The van der Waals surface area contributed by atoms with Crippen molar-refractivity contribution in [3.63, 3.8) is 0 Å². The molecule has 1 unspecified atom stereocenters. The molecule has 1 fully saturated rings. The van der Waals surface area contributed by atoms with E-state index < -0.39 is 15.6 Å². The average Bonchev–Trinajstić information content (AvgIpc) is 3.28. The van der Waals surface area contributed by atoms with Crippen molar-refractivity contribution in [2.75, 3.05) is 19.6 Å². The van der Waals surface area contributed by atoms with Crippen LogP contribution in [0.1, 0.15) is 30.8 Å². The summed E-state index contributed by atoms with van der Waals surface area (Å²) in [7, 11) is -3.68. The number of carbonyl (C=O) groups is 1. The number of ether oxygens (including phenoxy) is 1. The molecule has 0 bridgehead atoms. The number of furan rings is 1. The van der Waals surface area contributed by atoms with Gasteiger partial charge < -0.3 is 14.1 Å². The van der Waals surface area contributed by atoms with Gasteiger partial charge in [0.05, 0.1) is 19.4 Å². The summed E-state index contributed by atoms with van der Waals surface area (Å²) in [6.07, 6.45) is 2.01. The van der Waals surface area contributed by atoms with E-state index in [-0.39, 0.29) is 29.1 Å². The number of fused-ring (bicyclic) bond motifs is 1. The van der Waals surface area contributed by atoms with Crippen LogP contribution in [-0.2, 0) is 10.0 Å². The number of hydrogen-bond donors (Lipinski definition) is 0. The molecule has 3 heterocycles. The second kappa shape index (κ2) is 6.38. The van der Waals surface area contributed by atoms with Crippen molar-refractivity contribution in [3.8, 4) is 5.75 Å². The third-order valence-electron chi connectivity index (χ3n) is 5.12. The monoisotopic (exact) mass is 390 g/mol. The van der Waals surface area contributed by atoms with Crippen LogP contribution in [0.25, 0.3) is 0 Å². The van der Waals surface area contributed by atoms with Crippen molar-refractivity contribution in [2.45, 2.75) is 36.8 Å². The van der Waals surface area contributed by atoms with Crippen molar-refractivity contribution in [1.29, 1.82) is 0 Å². The third-order valence-corrected chi connectivity index (χ3v) is 7.18. The smallest absolute Gasteiger partial charge is 0.289 e. The van der Waals surface area contributed by atoms with Gasteiger partial charge in [-0.3, -0.25) is 4.79 Å². The van der Waals surface area contributed by atoms with Crippen LogP contribution in [-0.4, -0.2) is 54.8 Å². The van der Waals surface area contributed by atoms with Gasteiger partial charge >= 0.3 is 0 Å². The zero-order valence-electron chi connectivity index (χ0n) is 15.3. The first-order valence-electron chi connectivity index (χ1n) is 8.95. The number of nitrogens with zero attached hydrogens (tertiary/aromatic N) is 2. The lowest BCUT2D eigenvalue weighted by atomic mass is 10.0. The van der Waals surface area contributed by atoms with Gasteiger partial charge in [-0.25, -0.2) is 8.42 Å². The molecule has 4 rings (SSSR count). The van der Waals surface area contributed by atoms with Crippen LogP contribution < -0.4 is 4.74 Å². The number of carbonyl (C=O) groups excluding carboxylic acids is 1. The van der Waals surface area contributed by atoms with Gasteiger partial charge in [-0.15, -0.1) is 0 Å². The van der Waals surface area contributed by atoms with E-state index in [9.17, 15) is 13.2 Å². The van der Waals surface area contributed by atoms with E-state index in [0.717, 1.165) is 0 Å². The van der Waals surface area contributed by atoms with Crippen LogP contribution in [0, 0.1) is 0 Å². The van der Waals surface area contributed by atoms with E-state index in [1.807, 2.05) is 13.8 Å². The molecule has 2 aliphatic rings. The molecule has 8 heteroatoms. The van der Waals surface area contributed by atoms with Gasteiger partial charge in [-0.05, 0) is 38.1 Å². The number of sulfonamides is 1. The van der Waals surface area contributed by atoms with E-state index >= 15 is 0 Å². The highest BCUT2D eigenvalue weighted by molar-refractivity contribution is 7.89. The van der Waals surface area contributed by atoms with Gasteiger partial charge in [0.1, 0.15) is 16.2 Å². The summed E-state index contributed by atoms with van der Waals surface area (Å²) in [6.45, 7) is 4.68.